The fraction of sp³-hybridized carbons (Fsp3) is 0.778. The third kappa shape index (κ3) is 3.57. The molecule has 4 rings (SSSR count). The number of hydrogen-bond acceptors (Lipinski definition) is 5. The van der Waals surface area contributed by atoms with Crippen LogP contribution in [0.2, 0.25) is 0 Å². The molecule has 3 N–H and O–H groups in total. The van der Waals surface area contributed by atoms with Gasteiger partial charge in [-0.2, -0.15) is 0 Å². The third-order valence-electron chi connectivity index (χ3n) is 5.75. The van der Waals surface area contributed by atoms with Gasteiger partial charge in [0, 0.05) is 36.4 Å². The summed E-state index contributed by atoms with van der Waals surface area (Å²) in [5.74, 6) is 2.55. The van der Waals surface area contributed by atoms with E-state index in [0.717, 1.165) is 36.8 Å². The first-order chi connectivity index (χ1) is 11.2. The molecule has 0 unspecified atom stereocenters. The first kappa shape index (κ1) is 15.5. The normalized spacial score (nSPS) is 34.0. The zero-order chi connectivity index (χ0) is 15.8. The summed E-state index contributed by atoms with van der Waals surface area (Å²) in [6.45, 7) is 1.09. The molecule has 3 aliphatic carbocycles. The maximum atomic E-state index is 10.3. The minimum atomic E-state index is -0.411. The summed E-state index contributed by atoms with van der Waals surface area (Å²) in [5, 5.41) is 23.7. The van der Waals surface area contributed by atoms with Gasteiger partial charge in [-0.1, -0.05) is 0 Å². The smallest absolute Gasteiger partial charge is 0.131 e. The van der Waals surface area contributed by atoms with E-state index in [1.165, 1.54) is 25.7 Å². The molecule has 23 heavy (non-hydrogen) atoms. The molecule has 0 saturated heterocycles. The number of nitrogens with zero attached hydrogens (tertiary/aromatic N) is 2. The lowest BCUT2D eigenvalue weighted by Gasteiger charge is -2.25. The molecule has 4 atom stereocenters. The molecule has 1 heterocycles. The van der Waals surface area contributed by atoms with E-state index in [9.17, 15) is 10.2 Å². The van der Waals surface area contributed by atoms with Crippen LogP contribution in [0.4, 0.5) is 0 Å². The number of aromatic nitrogens is 2. The zero-order valence-corrected chi connectivity index (χ0v) is 13.6. The van der Waals surface area contributed by atoms with Crippen molar-refractivity contribution in [3.63, 3.8) is 0 Å². The Labute approximate surface area is 137 Å². The first-order valence-corrected chi connectivity index (χ1v) is 9.08. The van der Waals surface area contributed by atoms with E-state index in [1.54, 1.807) is 0 Å². The third-order valence-corrected chi connectivity index (χ3v) is 5.75. The van der Waals surface area contributed by atoms with Crippen LogP contribution >= 0.6 is 0 Å². The Balaban J connectivity index is 1.46. The molecule has 0 radical (unpaired) electrons. The summed E-state index contributed by atoms with van der Waals surface area (Å²) in [6, 6.07) is 2.27. The van der Waals surface area contributed by atoms with Crippen LogP contribution in [-0.4, -0.2) is 45.5 Å². The summed E-state index contributed by atoms with van der Waals surface area (Å²) in [4.78, 5) is 9.12. The highest BCUT2D eigenvalue weighted by Gasteiger charge is 2.42. The summed E-state index contributed by atoms with van der Waals surface area (Å²) in [5.41, 5.74) is 1.05. The van der Waals surface area contributed by atoms with Gasteiger partial charge in [0.2, 0.25) is 0 Å². The fourth-order valence-corrected chi connectivity index (χ4v) is 3.93. The second kappa shape index (κ2) is 6.46. The Morgan fingerprint density at radius 2 is 2.00 bits per heavy atom. The fourth-order valence-electron chi connectivity index (χ4n) is 3.93. The van der Waals surface area contributed by atoms with E-state index < -0.39 is 6.10 Å². The summed E-state index contributed by atoms with van der Waals surface area (Å²) in [6.07, 6.45) is 8.07. The van der Waals surface area contributed by atoms with Crippen molar-refractivity contribution in [3.8, 4) is 0 Å². The van der Waals surface area contributed by atoms with Crippen molar-refractivity contribution in [2.75, 3.05) is 13.2 Å². The van der Waals surface area contributed by atoms with Crippen LogP contribution in [0.3, 0.4) is 0 Å². The Morgan fingerprint density at radius 3 is 2.70 bits per heavy atom. The number of hydrogen-bond donors (Lipinski definition) is 3. The molecule has 5 nitrogen and oxygen atoms in total. The number of nitrogens with one attached hydrogen (secondary N) is 1. The predicted octanol–water partition coefficient (Wildman–Crippen LogP) is 1.25. The van der Waals surface area contributed by atoms with Crippen molar-refractivity contribution in [3.05, 3.63) is 23.8 Å². The zero-order valence-electron chi connectivity index (χ0n) is 13.6. The van der Waals surface area contributed by atoms with E-state index >= 15 is 0 Å². The molecule has 1 aromatic heterocycles. The van der Waals surface area contributed by atoms with Crippen molar-refractivity contribution in [1.29, 1.82) is 0 Å². The molecule has 126 valence electrons. The largest absolute Gasteiger partial charge is 0.396 e. The summed E-state index contributed by atoms with van der Waals surface area (Å²) >= 11 is 0. The Morgan fingerprint density at radius 1 is 1.17 bits per heavy atom. The van der Waals surface area contributed by atoms with Crippen LogP contribution in [-0.2, 0) is 6.42 Å². The SMILES string of the molecule is OC[C@@H]1[C@@H](Cc2ccnc(C3CC3)n2)[C@H](NCC2CC2)C[C@H]1O. The molecular weight excluding hydrogens is 290 g/mol. The van der Waals surface area contributed by atoms with Crippen LogP contribution in [0.5, 0.6) is 0 Å². The average molecular weight is 317 g/mol. The van der Waals surface area contributed by atoms with Crippen molar-refractivity contribution in [2.24, 2.45) is 17.8 Å². The van der Waals surface area contributed by atoms with Crippen molar-refractivity contribution in [1.82, 2.24) is 15.3 Å². The number of rotatable bonds is 7. The quantitative estimate of drug-likeness (QED) is 0.705. The minimum absolute atomic E-state index is 0.0496. The highest BCUT2D eigenvalue weighted by Crippen LogP contribution is 2.39. The maximum Gasteiger partial charge on any atom is 0.131 e. The van der Waals surface area contributed by atoms with Gasteiger partial charge in [0.15, 0.2) is 0 Å². The average Bonchev–Trinajstić information content (AvgIpc) is 3.45. The van der Waals surface area contributed by atoms with Gasteiger partial charge in [-0.15, -0.1) is 0 Å². The van der Waals surface area contributed by atoms with Crippen molar-refractivity contribution in [2.45, 2.75) is 56.6 Å². The lowest BCUT2D eigenvalue weighted by atomic mass is 9.88. The van der Waals surface area contributed by atoms with Gasteiger partial charge in [0.25, 0.3) is 0 Å². The van der Waals surface area contributed by atoms with E-state index in [4.69, 9.17) is 4.98 Å². The van der Waals surface area contributed by atoms with Crippen LogP contribution in [0.25, 0.3) is 0 Å². The van der Waals surface area contributed by atoms with Crippen LogP contribution < -0.4 is 5.32 Å². The second-order valence-corrected chi connectivity index (χ2v) is 7.66. The number of aliphatic hydroxyl groups excluding tert-OH is 2. The molecule has 0 amide bonds. The van der Waals surface area contributed by atoms with Crippen LogP contribution in [0.1, 0.15) is 49.5 Å². The molecule has 0 aliphatic heterocycles. The van der Waals surface area contributed by atoms with Gasteiger partial charge in [-0.25, -0.2) is 9.97 Å². The van der Waals surface area contributed by atoms with Crippen molar-refractivity contribution >= 4 is 0 Å². The van der Waals surface area contributed by atoms with Gasteiger partial charge >= 0.3 is 0 Å². The van der Waals surface area contributed by atoms with Gasteiger partial charge in [-0.05, 0) is 63.0 Å². The standard InChI is InChI=1S/C18H27N3O2/c22-10-15-14(16(8-17(15)23)20-9-11-1-2-11)7-13-5-6-19-18(21-13)12-3-4-12/h5-6,11-12,14-17,20,22-23H,1-4,7-10H2/t14-,15-,16-,17-/m1/s1. The lowest BCUT2D eigenvalue weighted by molar-refractivity contribution is 0.0716. The van der Waals surface area contributed by atoms with E-state index in [0.29, 0.717) is 5.92 Å². The molecule has 0 spiro atoms. The second-order valence-electron chi connectivity index (χ2n) is 7.66. The van der Waals surface area contributed by atoms with Gasteiger partial charge < -0.3 is 15.5 Å². The molecule has 0 aromatic carbocycles. The highest BCUT2D eigenvalue weighted by molar-refractivity contribution is 5.12. The summed E-state index contributed by atoms with van der Waals surface area (Å²) in [7, 11) is 0. The molecule has 3 saturated carbocycles. The molecule has 3 fully saturated rings. The Hall–Kier alpha value is -1.04. The monoisotopic (exact) mass is 317 g/mol. The summed E-state index contributed by atoms with van der Waals surface area (Å²) < 4.78 is 0. The van der Waals surface area contributed by atoms with E-state index in [2.05, 4.69) is 10.3 Å². The molecular formula is C18H27N3O2. The topological polar surface area (TPSA) is 78.3 Å². The van der Waals surface area contributed by atoms with Crippen molar-refractivity contribution < 1.29 is 10.2 Å². The van der Waals surface area contributed by atoms with Gasteiger partial charge in [-0.3, -0.25) is 0 Å². The number of aliphatic hydroxyl groups is 2. The van der Waals surface area contributed by atoms with Crippen LogP contribution in [0.15, 0.2) is 12.3 Å². The first-order valence-electron chi connectivity index (χ1n) is 9.08. The Bertz CT molecular complexity index is 545. The molecule has 5 heteroatoms. The van der Waals surface area contributed by atoms with Crippen LogP contribution in [0, 0.1) is 17.8 Å². The predicted molar refractivity (Wildman–Crippen MR) is 86.9 cm³/mol. The van der Waals surface area contributed by atoms with E-state index in [-0.39, 0.29) is 24.5 Å². The molecule has 0 bridgehead atoms. The van der Waals surface area contributed by atoms with E-state index in [1.807, 2.05) is 12.3 Å². The van der Waals surface area contributed by atoms with Gasteiger partial charge in [0.1, 0.15) is 5.82 Å². The maximum absolute atomic E-state index is 10.3. The molecule has 3 aliphatic rings. The highest BCUT2D eigenvalue weighted by atomic mass is 16.3. The Kier molecular flexibility index (Phi) is 4.35. The minimum Gasteiger partial charge on any atom is -0.396 e. The molecule has 1 aromatic rings. The lowest BCUT2D eigenvalue weighted by Crippen LogP contribution is -2.37. The van der Waals surface area contributed by atoms with Gasteiger partial charge in [0.05, 0.1) is 6.10 Å².